The third-order valence-electron chi connectivity index (χ3n) is 3.85. The molecular weight excluding hydrogens is 320 g/mol. The number of carbonyl (C=O) groups excluding carboxylic acids is 1. The number of rotatable bonds is 3. The number of aromatic nitrogens is 4. The van der Waals surface area contributed by atoms with Crippen molar-refractivity contribution in [1.29, 1.82) is 0 Å². The minimum absolute atomic E-state index is 0.352. The zero-order valence-corrected chi connectivity index (χ0v) is 13.6. The summed E-state index contributed by atoms with van der Waals surface area (Å²) in [4.78, 5) is 16.1. The van der Waals surface area contributed by atoms with E-state index in [4.69, 9.17) is 4.74 Å². The van der Waals surface area contributed by atoms with Crippen molar-refractivity contribution in [3.8, 4) is 11.6 Å². The molecule has 0 N–H and O–H groups in total. The lowest BCUT2D eigenvalue weighted by Gasteiger charge is -2.09. The van der Waals surface area contributed by atoms with E-state index >= 15 is 0 Å². The second kappa shape index (κ2) is 5.86. The quantitative estimate of drug-likeness (QED) is 0.536. The summed E-state index contributed by atoms with van der Waals surface area (Å²) in [5.74, 6) is 1.24. The van der Waals surface area contributed by atoms with Crippen molar-refractivity contribution in [3.05, 3.63) is 59.9 Å². The van der Waals surface area contributed by atoms with Gasteiger partial charge in [-0.2, -0.15) is 0 Å². The Bertz CT molecular complexity index is 1090. The number of esters is 1. The molecule has 124 valence electrons. The molecule has 0 atom stereocenters. The number of ether oxygens (including phenoxy) is 2. The highest BCUT2D eigenvalue weighted by Crippen LogP contribution is 2.27. The molecule has 7 heteroatoms. The molecule has 0 amide bonds. The molecule has 0 aliphatic rings. The highest BCUT2D eigenvalue weighted by molar-refractivity contribution is 5.89. The molecule has 0 saturated carbocycles. The fraction of sp³-hybridized carbons (Fsp3) is 0.111. The van der Waals surface area contributed by atoms with E-state index in [-0.39, 0.29) is 0 Å². The van der Waals surface area contributed by atoms with Crippen LogP contribution in [0.2, 0.25) is 0 Å². The first-order valence-corrected chi connectivity index (χ1v) is 7.64. The van der Waals surface area contributed by atoms with Gasteiger partial charge in [-0.25, -0.2) is 9.78 Å². The van der Waals surface area contributed by atoms with E-state index in [1.165, 1.54) is 7.11 Å². The molecule has 0 aliphatic heterocycles. The summed E-state index contributed by atoms with van der Waals surface area (Å²) in [6, 6.07) is 14.3. The van der Waals surface area contributed by atoms with Gasteiger partial charge < -0.3 is 9.47 Å². The van der Waals surface area contributed by atoms with Crippen LogP contribution < -0.4 is 4.74 Å². The molecule has 0 fully saturated rings. The van der Waals surface area contributed by atoms with Crippen molar-refractivity contribution in [2.45, 2.75) is 6.92 Å². The molecular formula is C18H14N4O3. The highest BCUT2D eigenvalue weighted by atomic mass is 16.5. The second-order valence-electron chi connectivity index (χ2n) is 5.43. The van der Waals surface area contributed by atoms with Gasteiger partial charge in [0.05, 0.1) is 23.7 Å². The smallest absolute Gasteiger partial charge is 0.337 e. The predicted octanol–water partition coefficient (Wildman–Crippen LogP) is 3.16. The summed E-state index contributed by atoms with van der Waals surface area (Å²) in [7, 11) is 1.34. The number of carbonyl (C=O) groups is 1. The van der Waals surface area contributed by atoms with E-state index in [1.54, 1.807) is 24.3 Å². The summed E-state index contributed by atoms with van der Waals surface area (Å²) in [5.41, 5.74) is 2.67. The van der Waals surface area contributed by atoms with Crippen LogP contribution in [0.4, 0.5) is 0 Å². The number of para-hydroxylation sites is 2. The molecule has 0 aliphatic carbocycles. The van der Waals surface area contributed by atoms with Gasteiger partial charge in [0.2, 0.25) is 5.65 Å². The normalized spacial score (nSPS) is 11.0. The van der Waals surface area contributed by atoms with Crippen molar-refractivity contribution in [1.82, 2.24) is 19.6 Å². The largest absolute Gasteiger partial charge is 0.465 e. The van der Waals surface area contributed by atoms with Gasteiger partial charge in [-0.05, 0) is 43.3 Å². The molecule has 25 heavy (non-hydrogen) atoms. The van der Waals surface area contributed by atoms with Gasteiger partial charge in [-0.3, -0.25) is 4.40 Å². The van der Waals surface area contributed by atoms with Gasteiger partial charge in [0.25, 0.3) is 5.88 Å². The van der Waals surface area contributed by atoms with E-state index < -0.39 is 5.97 Å². The fourth-order valence-corrected chi connectivity index (χ4v) is 2.65. The number of hydrogen-bond acceptors (Lipinski definition) is 6. The van der Waals surface area contributed by atoms with Crippen molar-refractivity contribution >= 4 is 22.6 Å². The zero-order valence-electron chi connectivity index (χ0n) is 13.6. The highest BCUT2D eigenvalue weighted by Gasteiger charge is 2.15. The van der Waals surface area contributed by atoms with E-state index in [0.717, 1.165) is 16.9 Å². The first-order chi connectivity index (χ1) is 12.2. The van der Waals surface area contributed by atoms with Crippen LogP contribution in [0.25, 0.3) is 16.7 Å². The van der Waals surface area contributed by atoms with Crippen LogP contribution in [-0.4, -0.2) is 32.7 Å². The summed E-state index contributed by atoms with van der Waals surface area (Å²) < 4.78 is 12.5. The van der Waals surface area contributed by atoms with Crippen molar-refractivity contribution in [2.24, 2.45) is 0 Å². The number of methoxy groups -OCH3 is 1. The maximum Gasteiger partial charge on any atom is 0.337 e. The molecule has 0 saturated heterocycles. The van der Waals surface area contributed by atoms with Crippen LogP contribution in [0.3, 0.4) is 0 Å². The molecule has 0 radical (unpaired) electrons. The van der Waals surface area contributed by atoms with Gasteiger partial charge in [0.15, 0.2) is 0 Å². The number of aryl methyl sites for hydroxylation is 1. The van der Waals surface area contributed by atoms with Gasteiger partial charge in [-0.1, -0.05) is 12.1 Å². The zero-order chi connectivity index (χ0) is 17.4. The molecule has 2 heterocycles. The van der Waals surface area contributed by atoms with Crippen LogP contribution in [0, 0.1) is 6.92 Å². The number of hydrogen-bond donors (Lipinski definition) is 0. The molecule has 2 aromatic carbocycles. The van der Waals surface area contributed by atoms with Crippen LogP contribution in [0.1, 0.15) is 16.2 Å². The van der Waals surface area contributed by atoms with Crippen LogP contribution in [0.5, 0.6) is 11.6 Å². The van der Waals surface area contributed by atoms with E-state index in [2.05, 4.69) is 19.9 Å². The Morgan fingerprint density at radius 3 is 2.56 bits per heavy atom. The lowest BCUT2D eigenvalue weighted by molar-refractivity contribution is 0.0600. The van der Waals surface area contributed by atoms with Gasteiger partial charge in [0.1, 0.15) is 11.6 Å². The predicted molar refractivity (Wildman–Crippen MR) is 90.9 cm³/mol. The third-order valence-corrected chi connectivity index (χ3v) is 3.85. The van der Waals surface area contributed by atoms with Gasteiger partial charge >= 0.3 is 5.97 Å². The summed E-state index contributed by atoms with van der Waals surface area (Å²) in [6.07, 6.45) is 0. The molecule has 2 aromatic heterocycles. The first-order valence-electron chi connectivity index (χ1n) is 7.64. The Morgan fingerprint density at radius 2 is 1.80 bits per heavy atom. The molecule has 7 nitrogen and oxygen atoms in total. The number of fused-ring (bicyclic) bond motifs is 3. The van der Waals surface area contributed by atoms with Gasteiger partial charge in [0, 0.05) is 0 Å². The Kier molecular flexibility index (Phi) is 3.53. The summed E-state index contributed by atoms with van der Waals surface area (Å²) in [5, 5.41) is 8.30. The molecule has 0 spiro atoms. The SMILES string of the molecule is COC(=O)c1ccc(Oc2nc3ccccc3n3c(C)nnc23)cc1. The van der Waals surface area contributed by atoms with Crippen LogP contribution in [0.15, 0.2) is 48.5 Å². The minimum Gasteiger partial charge on any atom is -0.465 e. The van der Waals surface area contributed by atoms with Crippen LogP contribution >= 0.6 is 0 Å². The van der Waals surface area contributed by atoms with Crippen LogP contribution in [-0.2, 0) is 4.74 Å². The molecule has 4 rings (SSSR count). The average Bonchev–Trinajstić information content (AvgIpc) is 3.04. The monoisotopic (exact) mass is 334 g/mol. The standard InChI is InChI=1S/C18H14N4O3/c1-11-20-21-16-17(19-14-5-3-4-6-15(14)22(11)16)25-13-9-7-12(8-10-13)18(23)24-2/h3-10H,1-2H3. The topological polar surface area (TPSA) is 78.6 Å². The van der Waals surface area contributed by atoms with Crippen molar-refractivity contribution in [3.63, 3.8) is 0 Å². The van der Waals surface area contributed by atoms with E-state index in [1.807, 2.05) is 35.6 Å². The molecule has 0 bridgehead atoms. The Labute approximate surface area is 142 Å². The van der Waals surface area contributed by atoms with Crippen molar-refractivity contribution < 1.29 is 14.3 Å². The van der Waals surface area contributed by atoms with Crippen molar-refractivity contribution in [2.75, 3.05) is 7.11 Å². The lowest BCUT2D eigenvalue weighted by Crippen LogP contribution is -2.01. The Morgan fingerprint density at radius 1 is 1.04 bits per heavy atom. The Hall–Kier alpha value is -3.48. The Balaban J connectivity index is 1.79. The maximum atomic E-state index is 11.5. The fourth-order valence-electron chi connectivity index (χ4n) is 2.65. The van der Waals surface area contributed by atoms with E-state index in [0.29, 0.717) is 22.8 Å². The average molecular weight is 334 g/mol. The molecule has 4 aromatic rings. The first kappa shape index (κ1) is 15.1. The lowest BCUT2D eigenvalue weighted by atomic mass is 10.2. The minimum atomic E-state index is -0.397. The third kappa shape index (κ3) is 2.55. The second-order valence-corrected chi connectivity index (χ2v) is 5.43. The maximum absolute atomic E-state index is 11.5. The number of benzene rings is 2. The summed E-state index contributed by atoms with van der Waals surface area (Å²) >= 11 is 0. The van der Waals surface area contributed by atoms with Gasteiger partial charge in [-0.15, -0.1) is 10.2 Å². The number of nitrogens with zero attached hydrogens (tertiary/aromatic N) is 4. The van der Waals surface area contributed by atoms with E-state index in [9.17, 15) is 4.79 Å². The molecule has 0 unspecified atom stereocenters. The summed E-state index contributed by atoms with van der Waals surface area (Å²) in [6.45, 7) is 1.88.